The summed E-state index contributed by atoms with van der Waals surface area (Å²) in [6, 6.07) is 0. The van der Waals surface area contributed by atoms with Crippen molar-refractivity contribution >= 4 is 5.97 Å². The van der Waals surface area contributed by atoms with E-state index >= 15 is 0 Å². The molecular weight excluding hydrogens is 142 g/mol. The fourth-order valence-electron chi connectivity index (χ4n) is 1.38. The molecule has 1 heterocycles. The zero-order chi connectivity index (χ0) is 8.32. The van der Waals surface area contributed by atoms with Gasteiger partial charge in [-0.15, -0.1) is 0 Å². The van der Waals surface area contributed by atoms with Crippen molar-refractivity contribution in [3.63, 3.8) is 0 Å². The van der Waals surface area contributed by atoms with Gasteiger partial charge in [-0.1, -0.05) is 19.8 Å². The summed E-state index contributed by atoms with van der Waals surface area (Å²) in [7, 11) is 0. The molecule has 1 fully saturated rings. The van der Waals surface area contributed by atoms with Crippen molar-refractivity contribution in [2.24, 2.45) is 5.41 Å². The summed E-state index contributed by atoms with van der Waals surface area (Å²) in [5.74, 6) is -0.635. The third kappa shape index (κ3) is 1.53. The van der Waals surface area contributed by atoms with Crippen LogP contribution < -0.4 is 5.32 Å². The van der Waals surface area contributed by atoms with E-state index in [0.29, 0.717) is 13.1 Å². The first-order chi connectivity index (χ1) is 5.21. The number of aliphatic carboxylic acids is 1. The minimum absolute atomic E-state index is 0.421. The number of nitrogens with one attached hydrogen (secondary N) is 1. The van der Waals surface area contributed by atoms with Gasteiger partial charge in [0.2, 0.25) is 0 Å². The predicted octanol–water partition coefficient (Wildman–Crippen LogP) is 0.851. The highest BCUT2D eigenvalue weighted by molar-refractivity contribution is 5.76. The van der Waals surface area contributed by atoms with Crippen molar-refractivity contribution < 1.29 is 9.90 Å². The van der Waals surface area contributed by atoms with E-state index < -0.39 is 11.4 Å². The number of hydrogen-bond donors (Lipinski definition) is 2. The van der Waals surface area contributed by atoms with Crippen LogP contribution in [-0.4, -0.2) is 24.2 Å². The van der Waals surface area contributed by atoms with Crippen LogP contribution in [0.25, 0.3) is 0 Å². The van der Waals surface area contributed by atoms with Gasteiger partial charge in [0, 0.05) is 13.1 Å². The average molecular weight is 157 g/mol. The van der Waals surface area contributed by atoms with E-state index in [4.69, 9.17) is 5.11 Å². The lowest BCUT2D eigenvalue weighted by Gasteiger charge is -2.38. The molecule has 0 unspecified atom stereocenters. The van der Waals surface area contributed by atoms with Crippen molar-refractivity contribution in [2.45, 2.75) is 26.2 Å². The quantitative estimate of drug-likeness (QED) is 0.636. The summed E-state index contributed by atoms with van der Waals surface area (Å²) in [6.07, 6.45) is 2.93. The summed E-state index contributed by atoms with van der Waals surface area (Å²) >= 11 is 0. The van der Waals surface area contributed by atoms with E-state index in [0.717, 1.165) is 19.3 Å². The molecule has 0 spiro atoms. The molecule has 0 aliphatic carbocycles. The Balaban J connectivity index is 2.40. The Bertz CT molecular complexity index is 152. The molecule has 0 radical (unpaired) electrons. The smallest absolute Gasteiger partial charge is 0.312 e. The molecule has 64 valence electrons. The molecule has 3 nitrogen and oxygen atoms in total. The number of unbranched alkanes of at least 4 members (excludes halogenated alkanes) is 1. The molecule has 1 aliphatic rings. The lowest BCUT2D eigenvalue weighted by molar-refractivity contribution is -0.152. The third-order valence-electron chi connectivity index (χ3n) is 2.39. The first-order valence-corrected chi connectivity index (χ1v) is 4.15. The number of hydrogen-bond acceptors (Lipinski definition) is 2. The standard InChI is InChI=1S/C8H15NO2/c1-2-3-4-8(7(10)11)5-9-6-8/h9H,2-6H2,1H3,(H,10,11). The van der Waals surface area contributed by atoms with Gasteiger partial charge < -0.3 is 10.4 Å². The molecule has 0 aromatic rings. The molecule has 1 saturated heterocycles. The Labute approximate surface area is 66.8 Å². The maximum Gasteiger partial charge on any atom is 0.312 e. The zero-order valence-electron chi connectivity index (χ0n) is 6.89. The van der Waals surface area contributed by atoms with Crippen LogP contribution in [-0.2, 0) is 4.79 Å². The van der Waals surface area contributed by atoms with E-state index in [1.165, 1.54) is 0 Å². The van der Waals surface area contributed by atoms with Gasteiger partial charge in [0.15, 0.2) is 0 Å². The first-order valence-electron chi connectivity index (χ1n) is 4.15. The lowest BCUT2D eigenvalue weighted by Crippen LogP contribution is -2.58. The lowest BCUT2D eigenvalue weighted by atomic mass is 9.77. The molecule has 0 amide bonds. The van der Waals surface area contributed by atoms with Crippen LogP contribution in [0.2, 0.25) is 0 Å². The monoisotopic (exact) mass is 157 g/mol. The molecule has 0 aromatic carbocycles. The van der Waals surface area contributed by atoms with Gasteiger partial charge in [-0.05, 0) is 6.42 Å². The summed E-state index contributed by atoms with van der Waals surface area (Å²) in [4.78, 5) is 10.8. The Hall–Kier alpha value is -0.570. The van der Waals surface area contributed by atoms with Crippen molar-refractivity contribution in [1.29, 1.82) is 0 Å². The van der Waals surface area contributed by atoms with E-state index in [-0.39, 0.29) is 0 Å². The van der Waals surface area contributed by atoms with Crippen molar-refractivity contribution in [1.82, 2.24) is 5.32 Å². The normalized spacial score (nSPS) is 20.8. The highest BCUT2D eigenvalue weighted by Crippen LogP contribution is 2.29. The van der Waals surface area contributed by atoms with Crippen molar-refractivity contribution in [2.75, 3.05) is 13.1 Å². The second-order valence-corrected chi connectivity index (χ2v) is 3.29. The molecule has 1 aliphatic heterocycles. The Kier molecular flexibility index (Phi) is 2.49. The van der Waals surface area contributed by atoms with E-state index in [9.17, 15) is 4.79 Å². The van der Waals surface area contributed by atoms with Gasteiger partial charge in [0.1, 0.15) is 0 Å². The van der Waals surface area contributed by atoms with Gasteiger partial charge in [-0.25, -0.2) is 0 Å². The number of carboxylic acids is 1. The third-order valence-corrected chi connectivity index (χ3v) is 2.39. The largest absolute Gasteiger partial charge is 0.481 e. The average Bonchev–Trinajstić information content (AvgIpc) is 1.85. The van der Waals surface area contributed by atoms with Crippen LogP contribution in [0.3, 0.4) is 0 Å². The fraction of sp³-hybridized carbons (Fsp3) is 0.875. The number of carboxylic acid groups (broad SMARTS) is 1. The van der Waals surface area contributed by atoms with Gasteiger partial charge in [-0.3, -0.25) is 4.79 Å². The minimum Gasteiger partial charge on any atom is -0.481 e. The van der Waals surface area contributed by atoms with Crippen molar-refractivity contribution in [3.8, 4) is 0 Å². The molecular formula is C8H15NO2. The Morgan fingerprint density at radius 1 is 1.64 bits per heavy atom. The van der Waals surface area contributed by atoms with Gasteiger partial charge in [-0.2, -0.15) is 0 Å². The van der Waals surface area contributed by atoms with Crippen LogP contribution in [0.4, 0.5) is 0 Å². The van der Waals surface area contributed by atoms with E-state index in [1.807, 2.05) is 0 Å². The van der Waals surface area contributed by atoms with Crippen LogP contribution in [0.1, 0.15) is 26.2 Å². The number of rotatable bonds is 4. The van der Waals surface area contributed by atoms with Crippen LogP contribution in [0.15, 0.2) is 0 Å². The van der Waals surface area contributed by atoms with Gasteiger partial charge >= 0.3 is 5.97 Å². The maximum atomic E-state index is 10.8. The first kappa shape index (κ1) is 8.53. The van der Waals surface area contributed by atoms with E-state index in [2.05, 4.69) is 12.2 Å². The number of carbonyl (C=O) groups is 1. The second-order valence-electron chi connectivity index (χ2n) is 3.29. The second kappa shape index (κ2) is 3.22. The molecule has 1 rings (SSSR count). The predicted molar refractivity (Wildman–Crippen MR) is 42.5 cm³/mol. The minimum atomic E-state index is -0.635. The van der Waals surface area contributed by atoms with Gasteiger partial charge in [0.05, 0.1) is 5.41 Å². The highest BCUT2D eigenvalue weighted by Gasteiger charge is 2.43. The fourth-order valence-corrected chi connectivity index (χ4v) is 1.38. The topological polar surface area (TPSA) is 49.3 Å². The summed E-state index contributed by atoms with van der Waals surface area (Å²) in [6.45, 7) is 3.40. The van der Waals surface area contributed by atoms with Crippen LogP contribution >= 0.6 is 0 Å². The van der Waals surface area contributed by atoms with E-state index in [1.54, 1.807) is 0 Å². The molecule has 0 saturated carbocycles. The summed E-state index contributed by atoms with van der Waals surface area (Å²) in [5, 5.41) is 11.9. The van der Waals surface area contributed by atoms with Crippen molar-refractivity contribution in [3.05, 3.63) is 0 Å². The molecule has 2 N–H and O–H groups in total. The molecule has 3 heteroatoms. The van der Waals surface area contributed by atoms with Crippen LogP contribution in [0, 0.1) is 5.41 Å². The summed E-state index contributed by atoms with van der Waals surface area (Å²) < 4.78 is 0. The SMILES string of the molecule is CCCCC1(C(=O)O)CNC1. The molecule has 0 bridgehead atoms. The zero-order valence-corrected chi connectivity index (χ0v) is 6.89. The molecule has 0 aromatic heterocycles. The van der Waals surface area contributed by atoms with Crippen LogP contribution in [0.5, 0.6) is 0 Å². The molecule has 0 atom stereocenters. The Morgan fingerprint density at radius 2 is 2.27 bits per heavy atom. The molecule has 11 heavy (non-hydrogen) atoms. The van der Waals surface area contributed by atoms with Gasteiger partial charge in [0.25, 0.3) is 0 Å². The Morgan fingerprint density at radius 3 is 2.55 bits per heavy atom. The maximum absolute atomic E-state index is 10.8. The summed E-state index contributed by atoms with van der Waals surface area (Å²) in [5.41, 5.74) is -0.421. The highest BCUT2D eigenvalue weighted by atomic mass is 16.4.